The highest BCUT2D eigenvalue weighted by atomic mass is 15.0. The van der Waals surface area contributed by atoms with Crippen LogP contribution in [-0.2, 0) is 6.42 Å². The molecule has 0 spiro atoms. The molecule has 0 amide bonds. The number of imidazole rings is 1. The molecule has 90 valence electrons. The van der Waals surface area contributed by atoms with Gasteiger partial charge < -0.3 is 9.72 Å². The summed E-state index contributed by atoms with van der Waals surface area (Å²) in [6.45, 7) is 3.27. The van der Waals surface area contributed by atoms with Crippen LogP contribution in [0.15, 0.2) is 24.5 Å². The molecule has 1 atom stereocenters. The zero-order valence-corrected chi connectivity index (χ0v) is 10.3. The molecule has 0 radical (unpaired) electrons. The summed E-state index contributed by atoms with van der Waals surface area (Å²) in [7, 11) is 0. The molecule has 3 heteroatoms. The van der Waals surface area contributed by atoms with Gasteiger partial charge in [-0.25, -0.2) is 4.98 Å². The van der Waals surface area contributed by atoms with Gasteiger partial charge in [-0.1, -0.05) is 6.42 Å². The number of nitrogens with zero attached hydrogens (tertiary/aromatic N) is 2. The van der Waals surface area contributed by atoms with Crippen molar-refractivity contribution in [2.45, 2.75) is 38.6 Å². The zero-order chi connectivity index (χ0) is 11.7. The van der Waals surface area contributed by atoms with Crippen LogP contribution in [0.1, 0.15) is 30.5 Å². The molecule has 1 unspecified atom stereocenters. The van der Waals surface area contributed by atoms with Crippen LogP contribution >= 0.6 is 0 Å². The average molecular weight is 229 g/mol. The van der Waals surface area contributed by atoms with Crippen molar-refractivity contribution in [3.63, 3.8) is 0 Å². The van der Waals surface area contributed by atoms with Gasteiger partial charge in [0.1, 0.15) is 5.65 Å². The standard InChI is InChI=1S/C14H19N3/c1-11-5-7-17-10-13(16-14(17)8-11)9-12-4-2-3-6-15-12/h5,7-8,10,12,15H,2-4,6,9H2,1H3. The fraction of sp³-hybridized carbons (Fsp3) is 0.500. The lowest BCUT2D eigenvalue weighted by Gasteiger charge is -2.22. The maximum Gasteiger partial charge on any atom is 0.137 e. The van der Waals surface area contributed by atoms with Crippen LogP contribution in [0.5, 0.6) is 0 Å². The number of piperidine rings is 1. The maximum absolute atomic E-state index is 4.69. The quantitative estimate of drug-likeness (QED) is 0.856. The highest BCUT2D eigenvalue weighted by Gasteiger charge is 2.14. The number of hydrogen-bond donors (Lipinski definition) is 1. The van der Waals surface area contributed by atoms with Crippen molar-refractivity contribution >= 4 is 5.65 Å². The fourth-order valence-corrected chi connectivity index (χ4v) is 2.59. The van der Waals surface area contributed by atoms with E-state index in [1.807, 2.05) is 0 Å². The van der Waals surface area contributed by atoms with Gasteiger partial charge in [0, 0.05) is 24.9 Å². The Morgan fingerprint density at radius 1 is 1.47 bits per heavy atom. The Morgan fingerprint density at radius 2 is 2.41 bits per heavy atom. The Labute approximate surface area is 102 Å². The van der Waals surface area contributed by atoms with Crippen LogP contribution < -0.4 is 5.32 Å². The molecule has 0 aromatic carbocycles. The minimum Gasteiger partial charge on any atom is -0.314 e. The summed E-state index contributed by atoms with van der Waals surface area (Å²) in [4.78, 5) is 4.69. The lowest BCUT2D eigenvalue weighted by molar-refractivity contribution is 0.397. The van der Waals surface area contributed by atoms with E-state index < -0.39 is 0 Å². The Bertz CT molecular complexity index is 509. The lowest BCUT2D eigenvalue weighted by Crippen LogP contribution is -2.35. The van der Waals surface area contributed by atoms with Crippen LogP contribution in [0, 0.1) is 6.92 Å². The molecule has 17 heavy (non-hydrogen) atoms. The number of aromatic nitrogens is 2. The van der Waals surface area contributed by atoms with Gasteiger partial charge in [0.25, 0.3) is 0 Å². The summed E-state index contributed by atoms with van der Waals surface area (Å²) < 4.78 is 2.12. The van der Waals surface area contributed by atoms with Crippen molar-refractivity contribution < 1.29 is 0 Å². The van der Waals surface area contributed by atoms with Crippen LogP contribution in [0.25, 0.3) is 5.65 Å². The Balaban J connectivity index is 1.80. The second kappa shape index (κ2) is 4.49. The predicted molar refractivity (Wildman–Crippen MR) is 69.3 cm³/mol. The SMILES string of the molecule is Cc1ccn2cc(CC3CCCCN3)nc2c1. The van der Waals surface area contributed by atoms with Crippen LogP contribution in [-0.4, -0.2) is 22.0 Å². The molecule has 0 bridgehead atoms. The van der Waals surface area contributed by atoms with Gasteiger partial charge in [0.2, 0.25) is 0 Å². The Hall–Kier alpha value is -1.35. The summed E-state index contributed by atoms with van der Waals surface area (Å²) in [5.41, 5.74) is 3.54. The first-order chi connectivity index (χ1) is 8.31. The minimum absolute atomic E-state index is 0.620. The van der Waals surface area contributed by atoms with Gasteiger partial charge in [-0.15, -0.1) is 0 Å². The van der Waals surface area contributed by atoms with Gasteiger partial charge >= 0.3 is 0 Å². The molecular formula is C14H19N3. The van der Waals surface area contributed by atoms with Crippen molar-refractivity contribution in [3.05, 3.63) is 35.8 Å². The number of rotatable bonds is 2. The molecule has 1 aliphatic rings. The fourth-order valence-electron chi connectivity index (χ4n) is 2.59. The molecule has 2 aromatic heterocycles. The minimum atomic E-state index is 0.620. The summed E-state index contributed by atoms with van der Waals surface area (Å²) in [6.07, 6.45) is 9.26. The average Bonchev–Trinajstić information content (AvgIpc) is 2.71. The molecule has 0 saturated carbocycles. The van der Waals surface area contributed by atoms with Crippen molar-refractivity contribution in [1.29, 1.82) is 0 Å². The summed E-state index contributed by atoms with van der Waals surface area (Å²) >= 11 is 0. The van der Waals surface area contributed by atoms with Crippen LogP contribution in [0.3, 0.4) is 0 Å². The second-order valence-corrected chi connectivity index (χ2v) is 5.05. The summed E-state index contributed by atoms with van der Waals surface area (Å²) in [6, 6.07) is 4.88. The Kier molecular flexibility index (Phi) is 2.85. The summed E-state index contributed by atoms with van der Waals surface area (Å²) in [5, 5.41) is 3.57. The molecule has 1 fully saturated rings. The molecular weight excluding hydrogens is 210 g/mol. The highest BCUT2D eigenvalue weighted by Crippen LogP contribution is 2.14. The molecule has 1 aliphatic heterocycles. The lowest BCUT2D eigenvalue weighted by atomic mass is 10.0. The van der Waals surface area contributed by atoms with E-state index in [-0.39, 0.29) is 0 Å². The van der Waals surface area contributed by atoms with Crippen molar-refractivity contribution in [1.82, 2.24) is 14.7 Å². The first-order valence-electron chi connectivity index (χ1n) is 6.49. The van der Waals surface area contributed by atoms with E-state index in [4.69, 9.17) is 4.98 Å². The monoisotopic (exact) mass is 229 g/mol. The van der Waals surface area contributed by atoms with Gasteiger partial charge in [-0.3, -0.25) is 0 Å². The van der Waals surface area contributed by atoms with Crippen molar-refractivity contribution in [2.75, 3.05) is 6.54 Å². The van der Waals surface area contributed by atoms with Gasteiger partial charge in [0.15, 0.2) is 0 Å². The third-order valence-electron chi connectivity index (χ3n) is 3.53. The highest BCUT2D eigenvalue weighted by molar-refractivity contribution is 5.42. The first-order valence-corrected chi connectivity index (χ1v) is 6.49. The Morgan fingerprint density at radius 3 is 3.24 bits per heavy atom. The predicted octanol–water partition coefficient (Wildman–Crippen LogP) is 2.33. The topological polar surface area (TPSA) is 29.3 Å². The van der Waals surface area contributed by atoms with Gasteiger partial charge in [-0.05, 0) is 44.0 Å². The normalized spacial score (nSPS) is 20.9. The van der Waals surface area contributed by atoms with E-state index in [9.17, 15) is 0 Å². The number of aryl methyl sites for hydroxylation is 1. The van der Waals surface area contributed by atoms with Crippen LogP contribution in [0.2, 0.25) is 0 Å². The van der Waals surface area contributed by atoms with E-state index >= 15 is 0 Å². The van der Waals surface area contributed by atoms with Crippen LogP contribution in [0.4, 0.5) is 0 Å². The second-order valence-electron chi connectivity index (χ2n) is 5.05. The smallest absolute Gasteiger partial charge is 0.137 e. The van der Waals surface area contributed by atoms with Crippen molar-refractivity contribution in [2.24, 2.45) is 0 Å². The largest absolute Gasteiger partial charge is 0.314 e. The molecule has 1 N–H and O–H groups in total. The third-order valence-corrected chi connectivity index (χ3v) is 3.53. The number of pyridine rings is 1. The number of nitrogens with one attached hydrogen (secondary N) is 1. The molecule has 0 aliphatic carbocycles. The first kappa shape index (κ1) is 10.8. The maximum atomic E-state index is 4.69. The van der Waals surface area contributed by atoms with Gasteiger partial charge in [0.05, 0.1) is 5.69 Å². The molecule has 1 saturated heterocycles. The van der Waals surface area contributed by atoms with E-state index in [2.05, 4.69) is 41.2 Å². The third kappa shape index (κ3) is 2.34. The molecule has 3 rings (SSSR count). The number of hydrogen-bond acceptors (Lipinski definition) is 2. The number of fused-ring (bicyclic) bond motifs is 1. The molecule has 3 nitrogen and oxygen atoms in total. The van der Waals surface area contributed by atoms with Gasteiger partial charge in [-0.2, -0.15) is 0 Å². The molecule has 3 heterocycles. The van der Waals surface area contributed by atoms with E-state index in [0.29, 0.717) is 6.04 Å². The summed E-state index contributed by atoms with van der Waals surface area (Å²) in [5.74, 6) is 0. The van der Waals surface area contributed by atoms with E-state index in [0.717, 1.165) is 18.6 Å². The molecule has 2 aromatic rings. The van der Waals surface area contributed by atoms with E-state index in [1.165, 1.54) is 30.5 Å². The van der Waals surface area contributed by atoms with E-state index in [1.54, 1.807) is 0 Å². The van der Waals surface area contributed by atoms with Crippen molar-refractivity contribution in [3.8, 4) is 0 Å². The zero-order valence-electron chi connectivity index (χ0n) is 10.3.